The van der Waals surface area contributed by atoms with Gasteiger partial charge in [-0.15, -0.1) is 0 Å². The van der Waals surface area contributed by atoms with E-state index in [1.165, 1.54) is 0 Å². The highest BCUT2D eigenvalue weighted by atomic mass is 35.5. The van der Waals surface area contributed by atoms with Crippen LogP contribution in [0.25, 0.3) is 0 Å². The molecule has 3 nitrogen and oxygen atoms in total. The van der Waals surface area contributed by atoms with Crippen molar-refractivity contribution in [1.29, 1.82) is 0 Å². The molecule has 1 aromatic rings. The Morgan fingerprint density at radius 1 is 1.53 bits per heavy atom. The number of benzene rings is 1. The van der Waals surface area contributed by atoms with Crippen LogP contribution in [0.1, 0.15) is 5.56 Å². The third-order valence-corrected chi connectivity index (χ3v) is 2.86. The van der Waals surface area contributed by atoms with Gasteiger partial charge >= 0.3 is 0 Å². The predicted molar refractivity (Wildman–Crippen MR) is 59.5 cm³/mol. The fourth-order valence-corrected chi connectivity index (χ4v) is 1.73. The molecule has 0 atom stereocenters. The first-order valence-corrected chi connectivity index (χ1v) is 5.31. The zero-order chi connectivity index (χ0) is 10.7. The van der Waals surface area contributed by atoms with Gasteiger partial charge in [-0.25, -0.2) is 0 Å². The summed E-state index contributed by atoms with van der Waals surface area (Å²) in [5, 5.41) is 4.10. The summed E-state index contributed by atoms with van der Waals surface area (Å²) >= 11 is 6.10. The summed E-state index contributed by atoms with van der Waals surface area (Å²) in [6, 6.07) is 6.13. The Kier molecular flexibility index (Phi) is 3.46. The molecule has 0 amide bonds. The maximum Gasteiger partial charge on any atom is 0.124 e. The van der Waals surface area contributed by atoms with E-state index in [0.717, 1.165) is 36.1 Å². The minimum Gasteiger partial charge on any atom is -0.496 e. The molecule has 0 aliphatic carbocycles. The van der Waals surface area contributed by atoms with Crippen molar-refractivity contribution in [2.24, 2.45) is 0 Å². The molecule has 1 fully saturated rings. The summed E-state index contributed by atoms with van der Waals surface area (Å²) < 4.78 is 10.3. The number of ether oxygens (including phenoxy) is 2. The van der Waals surface area contributed by atoms with Crippen LogP contribution in [-0.4, -0.2) is 26.4 Å². The lowest BCUT2D eigenvalue weighted by molar-refractivity contribution is -0.00584. The van der Waals surface area contributed by atoms with Gasteiger partial charge in [0.15, 0.2) is 0 Å². The lowest BCUT2D eigenvalue weighted by Crippen LogP contribution is -2.45. The molecule has 0 bridgehead atoms. The molecule has 1 aliphatic heterocycles. The molecular weight excluding hydrogens is 214 g/mol. The van der Waals surface area contributed by atoms with Gasteiger partial charge in [-0.1, -0.05) is 17.7 Å². The zero-order valence-electron chi connectivity index (χ0n) is 8.63. The van der Waals surface area contributed by atoms with Crippen LogP contribution in [0.5, 0.6) is 5.75 Å². The third-order valence-electron chi connectivity index (χ3n) is 2.50. The summed E-state index contributed by atoms with van der Waals surface area (Å²) in [6.07, 6.45) is 0. The van der Waals surface area contributed by atoms with Gasteiger partial charge in [0.1, 0.15) is 5.75 Å². The first-order valence-electron chi connectivity index (χ1n) is 4.94. The molecule has 0 unspecified atom stereocenters. The Balaban J connectivity index is 2.04. The quantitative estimate of drug-likeness (QED) is 0.852. The molecule has 0 saturated carbocycles. The summed E-state index contributed by atoms with van der Waals surface area (Å²) in [6.45, 7) is 2.29. The molecule has 15 heavy (non-hydrogen) atoms. The number of halogens is 1. The second kappa shape index (κ2) is 4.84. The maximum absolute atomic E-state index is 6.10. The van der Waals surface area contributed by atoms with Crippen LogP contribution in [-0.2, 0) is 11.3 Å². The van der Waals surface area contributed by atoms with Gasteiger partial charge < -0.3 is 14.8 Å². The molecular formula is C11H14ClNO2. The van der Waals surface area contributed by atoms with Crippen molar-refractivity contribution >= 4 is 11.6 Å². The second-order valence-corrected chi connectivity index (χ2v) is 3.94. The van der Waals surface area contributed by atoms with Gasteiger partial charge in [-0.2, -0.15) is 0 Å². The van der Waals surface area contributed by atoms with Crippen molar-refractivity contribution < 1.29 is 9.47 Å². The van der Waals surface area contributed by atoms with Gasteiger partial charge in [-0.05, 0) is 12.1 Å². The standard InChI is InChI=1S/C11H14ClNO2/c1-14-11-4-2-3-10(12)9(11)5-13-8-6-15-7-8/h2-4,8,13H,5-7H2,1H3. The van der Waals surface area contributed by atoms with Crippen LogP contribution in [0.2, 0.25) is 5.02 Å². The van der Waals surface area contributed by atoms with Crippen LogP contribution in [0.3, 0.4) is 0 Å². The SMILES string of the molecule is COc1cccc(Cl)c1CNC1COC1. The first kappa shape index (κ1) is 10.7. The minimum atomic E-state index is 0.450. The second-order valence-electron chi connectivity index (χ2n) is 3.54. The van der Waals surface area contributed by atoms with Crippen LogP contribution < -0.4 is 10.1 Å². The molecule has 1 heterocycles. The van der Waals surface area contributed by atoms with Gasteiger partial charge in [0, 0.05) is 17.1 Å². The van der Waals surface area contributed by atoms with E-state index >= 15 is 0 Å². The van der Waals surface area contributed by atoms with Gasteiger partial charge in [0.25, 0.3) is 0 Å². The monoisotopic (exact) mass is 227 g/mol. The molecule has 82 valence electrons. The van der Waals surface area contributed by atoms with E-state index in [9.17, 15) is 0 Å². The Labute approximate surface area is 94.3 Å². The van der Waals surface area contributed by atoms with Crippen molar-refractivity contribution in [3.05, 3.63) is 28.8 Å². The highest BCUT2D eigenvalue weighted by Crippen LogP contribution is 2.26. The molecule has 4 heteroatoms. The van der Waals surface area contributed by atoms with Crippen LogP contribution in [0.4, 0.5) is 0 Å². The summed E-state index contributed by atoms with van der Waals surface area (Å²) in [5.74, 6) is 0.829. The maximum atomic E-state index is 6.10. The summed E-state index contributed by atoms with van der Waals surface area (Å²) in [7, 11) is 1.65. The van der Waals surface area contributed by atoms with Gasteiger partial charge in [0.2, 0.25) is 0 Å². The molecule has 1 aliphatic rings. The van der Waals surface area contributed by atoms with Crippen molar-refractivity contribution in [2.75, 3.05) is 20.3 Å². The average molecular weight is 228 g/mol. The molecule has 0 radical (unpaired) electrons. The molecule has 2 rings (SSSR count). The largest absolute Gasteiger partial charge is 0.496 e. The van der Waals surface area contributed by atoms with Crippen molar-refractivity contribution in [2.45, 2.75) is 12.6 Å². The van der Waals surface area contributed by atoms with E-state index in [2.05, 4.69) is 5.32 Å². The van der Waals surface area contributed by atoms with Crippen LogP contribution in [0, 0.1) is 0 Å². The minimum absolute atomic E-state index is 0.450. The fraction of sp³-hybridized carbons (Fsp3) is 0.455. The number of methoxy groups -OCH3 is 1. The molecule has 1 aromatic carbocycles. The Morgan fingerprint density at radius 3 is 2.93 bits per heavy atom. The smallest absolute Gasteiger partial charge is 0.124 e. The molecule has 1 N–H and O–H groups in total. The van der Waals surface area contributed by atoms with E-state index in [1.807, 2.05) is 18.2 Å². The Bertz CT molecular complexity index is 339. The first-order chi connectivity index (χ1) is 7.31. The highest BCUT2D eigenvalue weighted by Gasteiger charge is 2.18. The van der Waals surface area contributed by atoms with E-state index in [1.54, 1.807) is 7.11 Å². The predicted octanol–water partition coefficient (Wildman–Crippen LogP) is 1.84. The number of hydrogen-bond donors (Lipinski definition) is 1. The Morgan fingerprint density at radius 2 is 2.33 bits per heavy atom. The average Bonchev–Trinajstić information content (AvgIpc) is 2.17. The highest BCUT2D eigenvalue weighted by molar-refractivity contribution is 6.31. The van der Waals surface area contributed by atoms with Crippen molar-refractivity contribution in [3.8, 4) is 5.75 Å². The normalized spacial score (nSPS) is 16.1. The van der Waals surface area contributed by atoms with Gasteiger partial charge in [-0.3, -0.25) is 0 Å². The zero-order valence-corrected chi connectivity index (χ0v) is 9.38. The lowest BCUT2D eigenvalue weighted by Gasteiger charge is -2.27. The molecule has 1 saturated heterocycles. The summed E-state index contributed by atoms with van der Waals surface area (Å²) in [4.78, 5) is 0. The molecule has 0 aromatic heterocycles. The van der Waals surface area contributed by atoms with Crippen molar-refractivity contribution in [3.63, 3.8) is 0 Å². The number of rotatable bonds is 4. The fourth-order valence-electron chi connectivity index (χ4n) is 1.50. The lowest BCUT2D eigenvalue weighted by atomic mass is 10.1. The third kappa shape index (κ3) is 2.43. The van der Waals surface area contributed by atoms with E-state index in [-0.39, 0.29) is 0 Å². The van der Waals surface area contributed by atoms with Gasteiger partial charge in [0.05, 0.1) is 26.4 Å². The molecule has 0 spiro atoms. The van der Waals surface area contributed by atoms with E-state index in [4.69, 9.17) is 21.1 Å². The van der Waals surface area contributed by atoms with Crippen LogP contribution in [0.15, 0.2) is 18.2 Å². The number of nitrogens with one attached hydrogen (secondary N) is 1. The van der Waals surface area contributed by atoms with Crippen LogP contribution >= 0.6 is 11.6 Å². The van der Waals surface area contributed by atoms with Crippen molar-refractivity contribution in [1.82, 2.24) is 5.32 Å². The number of hydrogen-bond acceptors (Lipinski definition) is 3. The van der Waals surface area contributed by atoms with E-state index < -0.39 is 0 Å². The Hall–Kier alpha value is -0.770. The topological polar surface area (TPSA) is 30.5 Å². The summed E-state index contributed by atoms with van der Waals surface area (Å²) in [5.41, 5.74) is 1.01. The van der Waals surface area contributed by atoms with E-state index in [0.29, 0.717) is 6.04 Å².